The highest BCUT2D eigenvalue weighted by Crippen LogP contribution is 2.65. The summed E-state index contributed by atoms with van der Waals surface area (Å²) in [4.78, 5) is 12.8. The zero-order valence-corrected chi connectivity index (χ0v) is 23.4. The highest BCUT2D eigenvalue weighted by atomic mass is 16.7. The Labute approximate surface area is 212 Å². The number of ketones is 1. The van der Waals surface area contributed by atoms with Crippen molar-refractivity contribution in [3.05, 3.63) is 11.1 Å². The van der Waals surface area contributed by atoms with Gasteiger partial charge in [0.1, 0.15) is 16.8 Å². The van der Waals surface area contributed by atoms with E-state index in [1.807, 2.05) is 27.7 Å². The molecular weight excluding hydrogens is 440 g/mol. The maximum atomic E-state index is 12.8. The first-order chi connectivity index (χ1) is 16.1. The van der Waals surface area contributed by atoms with E-state index in [9.17, 15) is 9.90 Å². The number of fused-ring (bicyclic) bond motifs is 3. The highest BCUT2D eigenvalue weighted by molar-refractivity contribution is 5.86. The first-order valence-corrected chi connectivity index (χ1v) is 14.1. The molecule has 198 valence electrons. The number of aliphatic hydroxyl groups is 1. The Morgan fingerprint density at radius 3 is 2.31 bits per heavy atom. The molecule has 0 aromatic rings. The summed E-state index contributed by atoms with van der Waals surface area (Å²) in [6.45, 7) is 17.3. The average Bonchev–Trinajstić information content (AvgIpc) is 2.85. The van der Waals surface area contributed by atoms with E-state index in [0.717, 1.165) is 51.4 Å². The van der Waals surface area contributed by atoms with Gasteiger partial charge in [-0.05, 0) is 91.9 Å². The number of carbonyl (C=O) groups is 1. The minimum absolute atomic E-state index is 0.0557. The number of rotatable bonds is 3. The van der Waals surface area contributed by atoms with Crippen molar-refractivity contribution in [3.63, 3.8) is 0 Å². The number of carbonyl (C=O) groups excluding carboxylic acids is 1. The standard InChI is InChI=1S/C30H48O5/c1-19-9-11-23-27(7,15-14-22(31)25(3,4)33-23)21(19)13-16-28(8)20(2)10-12-24-29(28)17-18-30(32,34-24)26(5,6)35-29/h20,23-24,32H,9-18H2,1-8H3/t20-,23-,24-,27-,28+,29?,30?/m0/s1. The third kappa shape index (κ3) is 3.51. The van der Waals surface area contributed by atoms with Crippen LogP contribution in [0.4, 0.5) is 0 Å². The van der Waals surface area contributed by atoms with Crippen molar-refractivity contribution < 1.29 is 24.1 Å². The summed E-state index contributed by atoms with van der Waals surface area (Å²) in [6, 6.07) is 0. The van der Waals surface area contributed by atoms with Crippen molar-refractivity contribution in [1.29, 1.82) is 0 Å². The molecule has 5 heteroatoms. The Kier molecular flexibility index (Phi) is 5.83. The fourth-order valence-electron chi connectivity index (χ4n) is 8.64. The van der Waals surface area contributed by atoms with E-state index in [4.69, 9.17) is 14.2 Å². The zero-order valence-electron chi connectivity index (χ0n) is 23.4. The number of hydrogen-bond acceptors (Lipinski definition) is 5. The fraction of sp³-hybridized carbons (Fsp3) is 0.900. The molecule has 4 heterocycles. The summed E-state index contributed by atoms with van der Waals surface area (Å²) in [5.41, 5.74) is 1.03. The molecule has 0 amide bonds. The average molecular weight is 489 g/mol. The second kappa shape index (κ2) is 7.88. The summed E-state index contributed by atoms with van der Waals surface area (Å²) in [7, 11) is 0. The molecule has 4 aliphatic heterocycles. The molecule has 5 fully saturated rings. The minimum Gasteiger partial charge on any atom is -0.364 e. The maximum Gasteiger partial charge on any atom is 0.195 e. The molecule has 1 saturated carbocycles. The number of ether oxygens (including phenoxy) is 3. The maximum absolute atomic E-state index is 12.8. The molecule has 1 spiro atoms. The van der Waals surface area contributed by atoms with Gasteiger partial charge in [-0.1, -0.05) is 31.9 Å². The molecule has 4 saturated heterocycles. The predicted octanol–water partition coefficient (Wildman–Crippen LogP) is 6.26. The second-order valence-electron chi connectivity index (χ2n) is 14.0. The van der Waals surface area contributed by atoms with Crippen LogP contribution in [0.5, 0.6) is 0 Å². The van der Waals surface area contributed by atoms with E-state index in [2.05, 4.69) is 27.7 Å². The van der Waals surface area contributed by atoms with Crippen molar-refractivity contribution in [1.82, 2.24) is 0 Å². The van der Waals surface area contributed by atoms with Crippen LogP contribution in [0.2, 0.25) is 0 Å². The Morgan fingerprint density at radius 2 is 1.63 bits per heavy atom. The quantitative estimate of drug-likeness (QED) is 0.475. The summed E-state index contributed by atoms with van der Waals surface area (Å²) < 4.78 is 20.0. The lowest BCUT2D eigenvalue weighted by atomic mass is 9.51. The van der Waals surface area contributed by atoms with E-state index < -0.39 is 17.0 Å². The molecule has 2 aliphatic carbocycles. The summed E-state index contributed by atoms with van der Waals surface area (Å²) >= 11 is 0. The lowest BCUT2D eigenvalue weighted by Crippen LogP contribution is -2.78. The van der Waals surface area contributed by atoms with Gasteiger partial charge in [-0.3, -0.25) is 4.79 Å². The van der Waals surface area contributed by atoms with Crippen LogP contribution in [0.15, 0.2) is 11.1 Å². The first-order valence-electron chi connectivity index (χ1n) is 14.1. The molecular formula is C30H48O5. The largest absolute Gasteiger partial charge is 0.364 e. The minimum atomic E-state index is -1.19. The molecule has 0 radical (unpaired) electrons. The molecule has 1 N–H and O–H groups in total. The highest BCUT2D eigenvalue weighted by Gasteiger charge is 2.71. The molecule has 7 atom stereocenters. The molecule has 2 bridgehead atoms. The summed E-state index contributed by atoms with van der Waals surface area (Å²) in [5.74, 6) is -0.466. The van der Waals surface area contributed by atoms with Gasteiger partial charge in [0, 0.05) is 23.7 Å². The van der Waals surface area contributed by atoms with Crippen molar-refractivity contribution in [2.24, 2.45) is 16.7 Å². The Hall–Kier alpha value is -0.750. The van der Waals surface area contributed by atoms with Crippen molar-refractivity contribution in [3.8, 4) is 0 Å². The van der Waals surface area contributed by atoms with Gasteiger partial charge >= 0.3 is 0 Å². The van der Waals surface area contributed by atoms with Crippen LogP contribution in [0, 0.1) is 16.7 Å². The number of allylic oxidation sites excluding steroid dienone is 1. The Morgan fingerprint density at radius 1 is 0.914 bits per heavy atom. The first kappa shape index (κ1) is 25.9. The fourth-order valence-corrected chi connectivity index (χ4v) is 8.64. The van der Waals surface area contributed by atoms with E-state index in [1.165, 1.54) is 11.1 Å². The molecule has 5 nitrogen and oxygen atoms in total. The molecule has 6 aliphatic rings. The third-order valence-corrected chi connectivity index (χ3v) is 11.6. The molecule has 0 aromatic heterocycles. The predicted molar refractivity (Wildman–Crippen MR) is 136 cm³/mol. The van der Waals surface area contributed by atoms with Crippen LogP contribution in [-0.2, 0) is 19.0 Å². The lowest BCUT2D eigenvalue weighted by molar-refractivity contribution is -0.468. The van der Waals surface area contributed by atoms with Gasteiger partial charge in [-0.15, -0.1) is 0 Å². The van der Waals surface area contributed by atoms with E-state index >= 15 is 0 Å². The van der Waals surface area contributed by atoms with Crippen LogP contribution in [0.3, 0.4) is 0 Å². The van der Waals surface area contributed by atoms with Gasteiger partial charge in [0.2, 0.25) is 0 Å². The zero-order chi connectivity index (χ0) is 25.7. The SMILES string of the molecule is CC1=C(CC[C@]2(C)[C@@H](C)CC[C@@H]3OC4(O)CCC32OC4(C)C)[C@]2(C)CCC(=O)C(C)(C)O[C@H]2CC1. The normalized spacial score (nSPS) is 48.8. The van der Waals surface area contributed by atoms with Crippen LogP contribution in [0.25, 0.3) is 0 Å². The number of hydrogen-bond donors (Lipinski definition) is 1. The molecule has 0 aromatic carbocycles. The van der Waals surface area contributed by atoms with Crippen LogP contribution in [0.1, 0.15) is 120 Å². The van der Waals surface area contributed by atoms with Crippen molar-refractivity contribution in [2.75, 3.05) is 0 Å². The smallest absolute Gasteiger partial charge is 0.195 e. The third-order valence-electron chi connectivity index (χ3n) is 11.6. The lowest BCUT2D eigenvalue weighted by Gasteiger charge is -2.70. The van der Waals surface area contributed by atoms with Gasteiger partial charge in [0.05, 0.1) is 12.2 Å². The van der Waals surface area contributed by atoms with E-state index in [1.54, 1.807) is 0 Å². The van der Waals surface area contributed by atoms with Crippen LogP contribution in [-0.4, -0.2) is 45.7 Å². The molecule has 2 unspecified atom stereocenters. The van der Waals surface area contributed by atoms with E-state index in [0.29, 0.717) is 18.8 Å². The topological polar surface area (TPSA) is 65.0 Å². The van der Waals surface area contributed by atoms with E-state index in [-0.39, 0.29) is 34.4 Å². The van der Waals surface area contributed by atoms with Gasteiger partial charge in [-0.2, -0.15) is 0 Å². The van der Waals surface area contributed by atoms with Crippen LogP contribution >= 0.6 is 0 Å². The van der Waals surface area contributed by atoms with Gasteiger partial charge in [0.25, 0.3) is 0 Å². The van der Waals surface area contributed by atoms with Crippen molar-refractivity contribution in [2.45, 2.75) is 154 Å². The van der Waals surface area contributed by atoms with Gasteiger partial charge < -0.3 is 19.3 Å². The van der Waals surface area contributed by atoms with Gasteiger partial charge in [0.15, 0.2) is 11.6 Å². The number of Topliss-reactive ketones (excluding diaryl/α,β-unsaturated/α-hetero) is 1. The Balaban J connectivity index is 1.46. The molecule has 6 rings (SSSR count). The summed E-state index contributed by atoms with van der Waals surface area (Å²) in [5, 5.41) is 11.2. The van der Waals surface area contributed by atoms with Crippen LogP contribution < -0.4 is 0 Å². The van der Waals surface area contributed by atoms with Crippen molar-refractivity contribution >= 4 is 5.78 Å². The second-order valence-corrected chi connectivity index (χ2v) is 14.0. The molecule has 35 heavy (non-hydrogen) atoms. The Bertz CT molecular complexity index is 935. The summed E-state index contributed by atoms with van der Waals surface area (Å²) in [6.07, 6.45) is 9.05. The monoisotopic (exact) mass is 488 g/mol. The van der Waals surface area contributed by atoms with Gasteiger partial charge in [-0.25, -0.2) is 0 Å².